The van der Waals surface area contributed by atoms with E-state index in [0.717, 1.165) is 0 Å². The van der Waals surface area contributed by atoms with Crippen LogP contribution in [0.5, 0.6) is 0 Å². The van der Waals surface area contributed by atoms with Crippen molar-refractivity contribution in [2.45, 2.75) is 6.61 Å². The summed E-state index contributed by atoms with van der Waals surface area (Å²) < 4.78 is 0. The van der Waals surface area contributed by atoms with Crippen LogP contribution in [-0.2, 0) is 16.2 Å². The summed E-state index contributed by atoms with van der Waals surface area (Å²) in [6.07, 6.45) is 1.45. The van der Waals surface area contributed by atoms with E-state index in [1.54, 1.807) is 12.1 Å². The van der Waals surface area contributed by atoms with E-state index in [1.165, 1.54) is 11.1 Å². The Hall–Kier alpha value is -2.15. The highest BCUT2D eigenvalue weighted by molar-refractivity contribution is 5.84. The second-order valence-corrected chi connectivity index (χ2v) is 3.47. The van der Waals surface area contributed by atoms with Gasteiger partial charge in [-0.15, -0.1) is 0 Å². The summed E-state index contributed by atoms with van der Waals surface area (Å²) in [4.78, 5) is 27.1. The third-order valence-corrected chi connectivity index (χ3v) is 2.01. The molecular weight excluding hydrogens is 224 g/mol. The Morgan fingerprint density at radius 1 is 1.24 bits per heavy atom. The van der Waals surface area contributed by atoms with Crippen LogP contribution in [0.1, 0.15) is 5.56 Å². The summed E-state index contributed by atoms with van der Waals surface area (Å²) in [5, 5.41) is 8.86. The maximum absolute atomic E-state index is 10.8. The average Bonchev–Trinajstić information content (AvgIpc) is 2.27. The number of nitrogens with zero attached hydrogens (tertiary/aromatic N) is 2. The van der Waals surface area contributed by atoms with Crippen molar-refractivity contribution in [3.8, 4) is 0 Å². The number of hydrogen-bond donors (Lipinski definition) is 3. The minimum Gasteiger partial charge on any atom is -0.392 e. The second-order valence-electron chi connectivity index (χ2n) is 3.47. The summed E-state index contributed by atoms with van der Waals surface area (Å²) in [5.74, 6) is -0.765. The van der Waals surface area contributed by atoms with Crippen molar-refractivity contribution in [2.24, 2.45) is 11.5 Å². The summed E-state index contributed by atoms with van der Waals surface area (Å²) in [7, 11) is 0. The number of primary amides is 2. The summed E-state index contributed by atoms with van der Waals surface area (Å²) >= 11 is 0. The van der Waals surface area contributed by atoms with Crippen LogP contribution < -0.4 is 16.4 Å². The van der Waals surface area contributed by atoms with Gasteiger partial charge in [-0.1, -0.05) is 6.07 Å². The molecule has 0 fully saturated rings. The molecule has 1 rings (SSSR count). The van der Waals surface area contributed by atoms with Gasteiger partial charge in [0.2, 0.25) is 11.8 Å². The predicted molar refractivity (Wildman–Crippen MR) is 60.8 cm³/mol. The Morgan fingerprint density at radius 2 is 1.82 bits per heavy atom. The number of aliphatic hydroxyl groups is 1. The molecule has 0 aliphatic carbocycles. The van der Waals surface area contributed by atoms with Crippen molar-refractivity contribution >= 4 is 17.6 Å². The van der Waals surface area contributed by atoms with Crippen LogP contribution in [0.2, 0.25) is 0 Å². The standard InChI is InChI=1S/C10H14N4O3/c11-8(16)4-14(5-9(12)17)10-2-1-7(6-15)3-13-10/h1-3,15H,4-6H2,(H2,11,16)(H2,12,17). The first kappa shape index (κ1) is 12.9. The fraction of sp³-hybridized carbons (Fsp3) is 0.300. The molecule has 0 aliphatic rings. The number of amides is 2. The van der Waals surface area contributed by atoms with Crippen molar-refractivity contribution in [1.29, 1.82) is 0 Å². The van der Waals surface area contributed by atoms with Gasteiger partial charge < -0.3 is 21.5 Å². The molecule has 1 aromatic rings. The molecule has 0 bridgehead atoms. The van der Waals surface area contributed by atoms with Crippen LogP contribution in [0.15, 0.2) is 18.3 Å². The van der Waals surface area contributed by atoms with E-state index in [1.807, 2.05) is 0 Å². The normalized spacial score (nSPS) is 9.94. The molecule has 1 aromatic heterocycles. The minimum atomic E-state index is -0.584. The van der Waals surface area contributed by atoms with E-state index in [0.29, 0.717) is 11.4 Å². The maximum atomic E-state index is 10.8. The lowest BCUT2D eigenvalue weighted by atomic mass is 10.3. The van der Waals surface area contributed by atoms with Crippen molar-refractivity contribution in [2.75, 3.05) is 18.0 Å². The van der Waals surface area contributed by atoms with Gasteiger partial charge in [0.25, 0.3) is 0 Å². The molecular formula is C10H14N4O3. The number of nitrogens with two attached hydrogens (primary N) is 2. The van der Waals surface area contributed by atoms with Gasteiger partial charge in [-0.05, 0) is 11.6 Å². The quantitative estimate of drug-likeness (QED) is 0.548. The molecule has 92 valence electrons. The number of anilines is 1. The first-order chi connectivity index (χ1) is 8.02. The van der Waals surface area contributed by atoms with Gasteiger partial charge in [-0.3, -0.25) is 9.59 Å². The highest BCUT2D eigenvalue weighted by atomic mass is 16.3. The zero-order valence-corrected chi connectivity index (χ0v) is 9.17. The molecule has 0 aromatic carbocycles. The minimum absolute atomic E-state index is 0.126. The van der Waals surface area contributed by atoms with E-state index in [4.69, 9.17) is 16.6 Å². The second kappa shape index (κ2) is 5.80. The number of aliphatic hydroxyl groups excluding tert-OH is 1. The first-order valence-electron chi connectivity index (χ1n) is 4.90. The lowest BCUT2D eigenvalue weighted by Gasteiger charge is -2.20. The van der Waals surface area contributed by atoms with Gasteiger partial charge in [-0.25, -0.2) is 4.98 Å². The van der Waals surface area contributed by atoms with E-state index in [-0.39, 0.29) is 19.7 Å². The van der Waals surface area contributed by atoms with Crippen molar-refractivity contribution in [3.05, 3.63) is 23.9 Å². The zero-order valence-electron chi connectivity index (χ0n) is 9.17. The highest BCUT2D eigenvalue weighted by Gasteiger charge is 2.13. The van der Waals surface area contributed by atoms with Crippen molar-refractivity contribution in [3.63, 3.8) is 0 Å². The smallest absolute Gasteiger partial charge is 0.237 e. The maximum Gasteiger partial charge on any atom is 0.237 e. The fourth-order valence-electron chi connectivity index (χ4n) is 1.29. The number of pyridine rings is 1. The molecule has 0 unspecified atom stereocenters. The molecule has 0 aliphatic heterocycles. The molecule has 0 saturated carbocycles. The van der Waals surface area contributed by atoms with Crippen LogP contribution in [-0.4, -0.2) is 35.0 Å². The summed E-state index contributed by atoms with van der Waals surface area (Å²) in [6.45, 7) is -0.415. The highest BCUT2D eigenvalue weighted by Crippen LogP contribution is 2.10. The van der Waals surface area contributed by atoms with Crippen LogP contribution in [0.4, 0.5) is 5.82 Å². The molecule has 7 nitrogen and oxygen atoms in total. The number of aromatic nitrogens is 1. The molecule has 5 N–H and O–H groups in total. The van der Waals surface area contributed by atoms with E-state index in [2.05, 4.69) is 4.98 Å². The Labute approximate surface area is 98.0 Å². The lowest BCUT2D eigenvalue weighted by molar-refractivity contribution is -0.117. The van der Waals surface area contributed by atoms with Gasteiger partial charge >= 0.3 is 0 Å². The fourth-order valence-corrected chi connectivity index (χ4v) is 1.29. The van der Waals surface area contributed by atoms with Crippen LogP contribution in [0.3, 0.4) is 0 Å². The van der Waals surface area contributed by atoms with Gasteiger partial charge in [0.15, 0.2) is 0 Å². The van der Waals surface area contributed by atoms with Crippen LogP contribution in [0, 0.1) is 0 Å². The number of carbonyl (C=O) groups is 2. The van der Waals surface area contributed by atoms with Crippen molar-refractivity contribution in [1.82, 2.24) is 4.98 Å². The molecule has 2 amide bonds. The SMILES string of the molecule is NC(=O)CN(CC(N)=O)c1ccc(CO)cn1. The molecule has 0 saturated heterocycles. The average molecular weight is 238 g/mol. The third-order valence-electron chi connectivity index (χ3n) is 2.01. The van der Waals surface area contributed by atoms with Crippen molar-refractivity contribution < 1.29 is 14.7 Å². The van der Waals surface area contributed by atoms with E-state index < -0.39 is 11.8 Å². The van der Waals surface area contributed by atoms with Crippen LogP contribution >= 0.6 is 0 Å². The monoisotopic (exact) mass is 238 g/mol. The predicted octanol–water partition coefficient (Wildman–Crippen LogP) is -1.65. The van der Waals surface area contributed by atoms with Crippen LogP contribution in [0.25, 0.3) is 0 Å². The first-order valence-corrected chi connectivity index (χ1v) is 4.90. The molecule has 17 heavy (non-hydrogen) atoms. The Kier molecular flexibility index (Phi) is 4.41. The summed E-state index contributed by atoms with van der Waals surface area (Å²) in [5.41, 5.74) is 10.8. The van der Waals surface area contributed by atoms with Gasteiger partial charge in [0, 0.05) is 6.20 Å². The molecule has 0 atom stereocenters. The zero-order chi connectivity index (χ0) is 12.8. The largest absolute Gasteiger partial charge is 0.392 e. The lowest BCUT2D eigenvalue weighted by Crippen LogP contribution is -2.40. The van der Waals surface area contributed by atoms with Gasteiger partial charge in [0.1, 0.15) is 5.82 Å². The Balaban J connectivity index is 2.86. The molecule has 7 heteroatoms. The molecule has 0 radical (unpaired) electrons. The van der Waals surface area contributed by atoms with E-state index >= 15 is 0 Å². The molecule has 1 heterocycles. The topological polar surface area (TPSA) is 123 Å². The number of hydrogen-bond acceptors (Lipinski definition) is 5. The number of carbonyl (C=O) groups excluding carboxylic acids is 2. The number of rotatable bonds is 6. The Bertz CT molecular complexity index is 389. The Morgan fingerprint density at radius 3 is 2.18 bits per heavy atom. The summed E-state index contributed by atoms with van der Waals surface area (Å²) in [6, 6.07) is 3.22. The van der Waals surface area contributed by atoms with Gasteiger partial charge in [0.05, 0.1) is 19.7 Å². The van der Waals surface area contributed by atoms with E-state index in [9.17, 15) is 9.59 Å². The molecule has 0 spiro atoms. The third kappa shape index (κ3) is 4.07. The van der Waals surface area contributed by atoms with Gasteiger partial charge in [-0.2, -0.15) is 0 Å².